The van der Waals surface area contributed by atoms with Crippen molar-refractivity contribution in [2.24, 2.45) is 16.7 Å². The molecule has 5 N–H and O–H groups in total. The molecule has 8 heteroatoms. The topological polar surface area (TPSA) is 137 Å². The summed E-state index contributed by atoms with van der Waals surface area (Å²) in [5, 5.41) is 49.9. The Labute approximate surface area is 195 Å². The van der Waals surface area contributed by atoms with E-state index in [1.165, 1.54) is 0 Å². The minimum atomic E-state index is -1.42. The Balaban J connectivity index is 1.97. The SMILES string of the molecule is CC(=CCO)CCC1=C(C=O)CC(OC2OCC(O)C(O)C2O)C2C(C)(CO)CCCC12C. The molecule has 0 aromatic heterocycles. The molecule has 2 aliphatic carbocycles. The van der Waals surface area contributed by atoms with Crippen molar-refractivity contribution in [1.82, 2.24) is 0 Å². The van der Waals surface area contributed by atoms with Crippen LogP contribution in [-0.4, -0.2) is 82.3 Å². The molecule has 1 aliphatic heterocycles. The second kappa shape index (κ2) is 10.6. The van der Waals surface area contributed by atoms with Gasteiger partial charge < -0.3 is 35.0 Å². The quantitative estimate of drug-likeness (QED) is 0.265. The number of ether oxygens (including phenoxy) is 2. The van der Waals surface area contributed by atoms with E-state index < -0.39 is 41.5 Å². The summed E-state index contributed by atoms with van der Waals surface area (Å²) in [6.45, 7) is 5.94. The molecule has 0 bridgehead atoms. The second-order valence-corrected chi connectivity index (χ2v) is 10.5. The average molecular weight is 469 g/mol. The van der Waals surface area contributed by atoms with Crippen molar-refractivity contribution in [2.45, 2.75) is 90.0 Å². The van der Waals surface area contributed by atoms with Gasteiger partial charge in [0, 0.05) is 18.9 Å². The Kier molecular flexibility index (Phi) is 8.54. The first-order chi connectivity index (χ1) is 15.6. The largest absolute Gasteiger partial charge is 0.396 e. The van der Waals surface area contributed by atoms with Gasteiger partial charge in [0.05, 0.1) is 19.3 Å². The molecule has 0 aromatic rings. The minimum absolute atomic E-state index is 0.0198. The third kappa shape index (κ3) is 5.12. The molecule has 33 heavy (non-hydrogen) atoms. The van der Waals surface area contributed by atoms with Gasteiger partial charge in [0.25, 0.3) is 0 Å². The van der Waals surface area contributed by atoms with Crippen molar-refractivity contribution in [3.63, 3.8) is 0 Å². The zero-order valence-electron chi connectivity index (χ0n) is 19.9. The number of carbonyl (C=O) groups excluding carboxylic acids is 1. The molecule has 0 radical (unpaired) electrons. The van der Waals surface area contributed by atoms with Gasteiger partial charge in [-0.05, 0) is 49.0 Å². The Bertz CT molecular complexity index is 764. The number of aliphatic hydroxyl groups is 5. The highest BCUT2D eigenvalue weighted by atomic mass is 16.7. The van der Waals surface area contributed by atoms with Crippen molar-refractivity contribution in [2.75, 3.05) is 19.8 Å². The molecule has 0 aromatic carbocycles. The first kappa shape index (κ1) is 26.5. The first-order valence-corrected chi connectivity index (χ1v) is 12.0. The average Bonchev–Trinajstić information content (AvgIpc) is 2.78. The number of hydrogen-bond acceptors (Lipinski definition) is 8. The molecular formula is C25H40O8. The lowest BCUT2D eigenvalue weighted by Crippen LogP contribution is -2.59. The summed E-state index contributed by atoms with van der Waals surface area (Å²) < 4.78 is 11.8. The zero-order valence-corrected chi connectivity index (χ0v) is 19.9. The van der Waals surface area contributed by atoms with Crippen LogP contribution in [0.3, 0.4) is 0 Å². The fourth-order valence-electron chi connectivity index (χ4n) is 6.48. The van der Waals surface area contributed by atoms with Crippen LogP contribution < -0.4 is 0 Å². The van der Waals surface area contributed by atoms with Gasteiger partial charge in [-0.1, -0.05) is 37.5 Å². The summed E-state index contributed by atoms with van der Waals surface area (Å²) in [6, 6.07) is 0. The van der Waals surface area contributed by atoms with Crippen LogP contribution in [0.4, 0.5) is 0 Å². The molecule has 188 valence electrons. The van der Waals surface area contributed by atoms with Gasteiger partial charge in [0.15, 0.2) is 6.29 Å². The molecule has 1 saturated heterocycles. The Morgan fingerprint density at radius 3 is 2.55 bits per heavy atom. The minimum Gasteiger partial charge on any atom is -0.396 e. The lowest BCUT2D eigenvalue weighted by molar-refractivity contribution is -0.297. The standard InChI is InChI=1S/C25H40O8/c1-15(7-10-26)5-6-17-16(12-27)11-19(33-23-21(31)20(30)18(29)13-32-23)22-24(2,14-28)8-4-9-25(17,22)3/h7,12,18-23,26,28-31H,4-6,8-11,13-14H2,1-3H3. The van der Waals surface area contributed by atoms with E-state index in [-0.39, 0.29) is 25.7 Å². The van der Waals surface area contributed by atoms with Crippen LogP contribution in [0.2, 0.25) is 0 Å². The van der Waals surface area contributed by atoms with Gasteiger partial charge in [0.1, 0.15) is 24.6 Å². The maximum atomic E-state index is 12.2. The number of hydrogen-bond donors (Lipinski definition) is 5. The molecular weight excluding hydrogens is 428 g/mol. The number of allylic oxidation sites excluding steroid dienone is 2. The number of fused-ring (bicyclic) bond motifs is 1. The van der Waals surface area contributed by atoms with Crippen LogP contribution in [0.25, 0.3) is 0 Å². The molecule has 1 heterocycles. The van der Waals surface area contributed by atoms with Gasteiger partial charge in [-0.2, -0.15) is 0 Å². The van der Waals surface area contributed by atoms with E-state index in [1.807, 2.05) is 13.8 Å². The summed E-state index contributed by atoms with van der Waals surface area (Å²) in [5.41, 5.74) is 1.95. The predicted molar refractivity (Wildman–Crippen MR) is 121 cm³/mol. The lowest BCUT2D eigenvalue weighted by atomic mass is 9.48. The van der Waals surface area contributed by atoms with Crippen LogP contribution in [0.1, 0.15) is 59.3 Å². The van der Waals surface area contributed by atoms with Crippen LogP contribution >= 0.6 is 0 Å². The highest BCUT2D eigenvalue weighted by Gasteiger charge is 2.57. The number of rotatable bonds is 8. The monoisotopic (exact) mass is 468 g/mol. The van der Waals surface area contributed by atoms with Crippen molar-refractivity contribution in [1.29, 1.82) is 0 Å². The Hall–Kier alpha value is -1.13. The van der Waals surface area contributed by atoms with E-state index in [9.17, 15) is 30.3 Å². The zero-order chi connectivity index (χ0) is 24.4. The summed E-state index contributed by atoms with van der Waals surface area (Å²) in [7, 11) is 0. The van der Waals surface area contributed by atoms with Gasteiger partial charge in [-0.25, -0.2) is 0 Å². The molecule has 3 rings (SSSR count). The lowest BCUT2D eigenvalue weighted by Gasteiger charge is -2.58. The maximum absolute atomic E-state index is 12.2. The van der Waals surface area contributed by atoms with E-state index in [2.05, 4.69) is 6.92 Å². The number of aldehydes is 1. The Morgan fingerprint density at radius 2 is 1.91 bits per heavy atom. The number of carbonyl (C=O) groups is 1. The predicted octanol–water partition coefficient (Wildman–Crippen LogP) is 1.23. The van der Waals surface area contributed by atoms with Crippen LogP contribution in [-0.2, 0) is 14.3 Å². The third-order valence-electron chi connectivity index (χ3n) is 8.23. The van der Waals surface area contributed by atoms with E-state index in [0.29, 0.717) is 18.4 Å². The molecule has 0 amide bonds. The van der Waals surface area contributed by atoms with Crippen LogP contribution in [0.5, 0.6) is 0 Å². The summed E-state index contributed by atoms with van der Waals surface area (Å²) >= 11 is 0. The molecule has 1 saturated carbocycles. The molecule has 3 aliphatic rings. The molecule has 8 nitrogen and oxygen atoms in total. The third-order valence-corrected chi connectivity index (χ3v) is 8.23. The van der Waals surface area contributed by atoms with Gasteiger partial charge >= 0.3 is 0 Å². The smallest absolute Gasteiger partial charge is 0.186 e. The summed E-state index contributed by atoms with van der Waals surface area (Å²) in [4.78, 5) is 12.2. The first-order valence-electron chi connectivity index (χ1n) is 12.0. The van der Waals surface area contributed by atoms with Crippen LogP contribution in [0.15, 0.2) is 22.8 Å². The fourth-order valence-corrected chi connectivity index (χ4v) is 6.48. The van der Waals surface area contributed by atoms with Gasteiger partial charge in [-0.3, -0.25) is 4.79 Å². The van der Waals surface area contributed by atoms with E-state index in [0.717, 1.165) is 43.1 Å². The van der Waals surface area contributed by atoms with E-state index in [4.69, 9.17) is 9.47 Å². The van der Waals surface area contributed by atoms with Gasteiger partial charge in [-0.15, -0.1) is 0 Å². The Morgan fingerprint density at radius 1 is 1.18 bits per heavy atom. The summed E-state index contributed by atoms with van der Waals surface area (Å²) in [6.07, 6.45) is 1.33. The van der Waals surface area contributed by atoms with Crippen molar-refractivity contribution in [3.05, 3.63) is 22.8 Å². The molecule has 0 spiro atoms. The fraction of sp³-hybridized carbons (Fsp3) is 0.800. The van der Waals surface area contributed by atoms with Crippen molar-refractivity contribution in [3.8, 4) is 0 Å². The molecule has 8 unspecified atom stereocenters. The normalized spacial score (nSPS) is 42.2. The molecule has 2 fully saturated rings. The van der Waals surface area contributed by atoms with Gasteiger partial charge in [0.2, 0.25) is 0 Å². The number of aliphatic hydroxyl groups excluding tert-OH is 5. The van der Waals surface area contributed by atoms with E-state index in [1.54, 1.807) is 6.08 Å². The summed E-state index contributed by atoms with van der Waals surface area (Å²) in [5.74, 6) is -0.135. The van der Waals surface area contributed by atoms with E-state index >= 15 is 0 Å². The highest BCUT2D eigenvalue weighted by molar-refractivity contribution is 5.76. The van der Waals surface area contributed by atoms with Crippen molar-refractivity contribution >= 4 is 6.29 Å². The second-order valence-electron chi connectivity index (χ2n) is 10.5. The maximum Gasteiger partial charge on any atom is 0.186 e. The molecule has 8 atom stereocenters. The van der Waals surface area contributed by atoms with Crippen LogP contribution in [0, 0.1) is 16.7 Å². The highest BCUT2D eigenvalue weighted by Crippen LogP contribution is 2.61. The van der Waals surface area contributed by atoms with Crippen molar-refractivity contribution < 1.29 is 39.8 Å².